The van der Waals surface area contributed by atoms with E-state index in [4.69, 9.17) is 5.84 Å². The number of nitrogens with two attached hydrogens (primary N) is 1. The minimum atomic E-state index is 0.344. The lowest BCUT2D eigenvalue weighted by atomic mass is 9.80. The summed E-state index contributed by atoms with van der Waals surface area (Å²) in [7, 11) is 0. The van der Waals surface area contributed by atoms with Gasteiger partial charge in [-0.25, -0.2) is 0 Å². The second-order valence-electron chi connectivity index (χ2n) is 4.88. The summed E-state index contributed by atoms with van der Waals surface area (Å²) in [5.41, 5.74) is 5.82. The maximum absolute atomic E-state index is 5.74. The zero-order valence-electron chi connectivity index (χ0n) is 10.5. The van der Waals surface area contributed by atoms with E-state index in [0.717, 1.165) is 12.8 Å². The lowest BCUT2D eigenvalue weighted by Crippen LogP contribution is -2.41. The number of aryl methyl sites for hydroxylation is 1. The molecule has 0 aliphatic heterocycles. The number of fused-ring (bicyclic) bond motifs is 1. The molecule has 0 fully saturated rings. The van der Waals surface area contributed by atoms with Gasteiger partial charge in [-0.15, -0.1) is 11.3 Å². The average Bonchev–Trinajstić information content (AvgIpc) is 2.83. The number of hydrogen-bond donors (Lipinski definition) is 2. The van der Waals surface area contributed by atoms with E-state index in [0.29, 0.717) is 12.0 Å². The Morgan fingerprint density at radius 3 is 3.24 bits per heavy atom. The molecule has 2 nitrogen and oxygen atoms in total. The van der Waals surface area contributed by atoms with Crippen molar-refractivity contribution in [3.63, 3.8) is 0 Å². The molecule has 2 unspecified atom stereocenters. The van der Waals surface area contributed by atoms with Gasteiger partial charge >= 0.3 is 0 Å². The first kappa shape index (κ1) is 12.8. The maximum Gasteiger partial charge on any atom is 0.0316 e. The zero-order valence-corrected chi connectivity index (χ0v) is 11.4. The molecule has 3 N–H and O–H groups in total. The van der Waals surface area contributed by atoms with Crippen molar-refractivity contribution in [3.05, 3.63) is 34.0 Å². The van der Waals surface area contributed by atoms with E-state index in [9.17, 15) is 0 Å². The van der Waals surface area contributed by atoms with Crippen LogP contribution >= 0.6 is 11.3 Å². The molecule has 0 bridgehead atoms. The SMILES string of the molecule is C=C(CC)CC(NN)C1CCCc2sccc21. The highest BCUT2D eigenvalue weighted by Gasteiger charge is 2.28. The van der Waals surface area contributed by atoms with Gasteiger partial charge in [0.2, 0.25) is 0 Å². The van der Waals surface area contributed by atoms with Crippen molar-refractivity contribution in [1.29, 1.82) is 0 Å². The molecule has 1 aromatic heterocycles. The van der Waals surface area contributed by atoms with Crippen LogP contribution in [-0.4, -0.2) is 6.04 Å². The summed E-state index contributed by atoms with van der Waals surface area (Å²) in [6, 6.07) is 2.62. The third kappa shape index (κ3) is 2.79. The molecular weight excluding hydrogens is 228 g/mol. The fourth-order valence-corrected chi connectivity index (χ4v) is 3.71. The highest BCUT2D eigenvalue weighted by atomic mass is 32.1. The second kappa shape index (κ2) is 5.80. The first-order valence-electron chi connectivity index (χ1n) is 6.45. The molecule has 3 heteroatoms. The Balaban J connectivity index is 2.14. The molecular formula is C14H22N2S. The van der Waals surface area contributed by atoms with Crippen molar-refractivity contribution < 1.29 is 0 Å². The Morgan fingerprint density at radius 1 is 1.71 bits per heavy atom. The van der Waals surface area contributed by atoms with E-state index in [1.54, 1.807) is 4.88 Å². The highest BCUT2D eigenvalue weighted by molar-refractivity contribution is 7.10. The predicted molar refractivity (Wildman–Crippen MR) is 75.2 cm³/mol. The molecule has 0 radical (unpaired) electrons. The number of hydrogen-bond acceptors (Lipinski definition) is 3. The molecule has 2 atom stereocenters. The van der Waals surface area contributed by atoms with Gasteiger partial charge in [0, 0.05) is 16.8 Å². The molecule has 1 aliphatic carbocycles. The summed E-state index contributed by atoms with van der Waals surface area (Å²) in [5.74, 6) is 6.31. The maximum atomic E-state index is 5.74. The minimum absolute atomic E-state index is 0.344. The average molecular weight is 250 g/mol. The van der Waals surface area contributed by atoms with Crippen LogP contribution in [0.4, 0.5) is 0 Å². The molecule has 1 aliphatic rings. The first-order valence-corrected chi connectivity index (χ1v) is 7.33. The van der Waals surface area contributed by atoms with Crippen LogP contribution in [0, 0.1) is 0 Å². The first-order chi connectivity index (χ1) is 8.26. The number of nitrogens with one attached hydrogen (secondary N) is 1. The summed E-state index contributed by atoms with van der Waals surface area (Å²) in [6.07, 6.45) is 5.81. The van der Waals surface area contributed by atoms with Gasteiger partial charge in [-0.3, -0.25) is 11.3 Å². The summed E-state index contributed by atoms with van der Waals surface area (Å²) in [6.45, 7) is 6.27. The molecule has 0 saturated carbocycles. The standard InChI is InChI=1S/C14H22N2S/c1-3-10(2)9-13(16-15)11-5-4-6-14-12(11)7-8-17-14/h7-8,11,13,16H,2-6,9,15H2,1H3. The predicted octanol–water partition coefficient (Wildman–Crippen LogP) is 3.36. The van der Waals surface area contributed by atoms with Crippen molar-refractivity contribution in [1.82, 2.24) is 5.43 Å². The van der Waals surface area contributed by atoms with Crippen LogP contribution < -0.4 is 11.3 Å². The van der Waals surface area contributed by atoms with E-state index < -0.39 is 0 Å². The van der Waals surface area contributed by atoms with Gasteiger partial charge in [-0.2, -0.15) is 0 Å². The quantitative estimate of drug-likeness (QED) is 0.478. The smallest absolute Gasteiger partial charge is 0.0316 e. The van der Waals surface area contributed by atoms with Crippen molar-refractivity contribution in [2.75, 3.05) is 0 Å². The lowest BCUT2D eigenvalue weighted by Gasteiger charge is -2.30. The molecule has 0 spiro atoms. The Hall–Kier alpha value is -0.640. The van der Waals surface area contributed by atoms with Gasteiger partial charge < -0.3 is 0 Å². The Kier molecular flexibility index (Phi) is 4.37. The van der Waals surface area contributed by atoms with Crippen molar-refractivity contribution in [3.8, 4) is 0 Å². The molecule has 94 valence electrons. The number of rotatable bonds is 5. The monoisotopic (exact) mass is 250 g/mol. The van der Waals surface area contributed by atoms with Gasteiger partial charge in [0.1, 0.15) is 0 Å². The topological polar surface area (TPSA) is 38.0 Å². The second-order valence-corrected chi connectivity index (χ2v) is 5.88. The summed E-state index contributed by atoms with van der Waals surface area (Å²) in [5, 5.41) is 2.21. The largest absolute Gasteiger partial charge is 0.271 e. The third-order valence-electron chi connectivity index (χ3n) is 3.81. The molecule has 0 amide bonds. The van der Waals surface area contributed by atoms with Crippen LogP contribution in [0.15, 0.2) is 23.6 Å². The van der Waals surface area contributed by atoms with Crippen molar-refractivity contribution in [2.24, 2.45) is 5.84 Å². The highest BCUT2D eigenvalue weighted by Crippen LogP contribution is 2.38. The molecule has 0 saturated heterocycles. The molecule has 2 rings (SSSR count). The van der Waals surface area contributed by atoms with Gasteiger partial charge in [-0.05, 0) is 49.1 Å². The Labute approximate surface area is 108 Å². The van der Waals surface area contributed by atoms with Crippen LogP contribution in [-0.2, 0) is 6.42 Å². The molecule has 1 heterocycles. The zero-order chi connectivity index (χ0) is 12.3. The summed E-state index contributed by atoms with van der Waals surface area (Å²) < 4.78 is 0. The van der Waals surface area contributed by atoms with Crippen LogP contribution in [0.3, 0.4) is 0 Å². The van der Waals surface area contributed by atoms with E-state index in [-0.39, 0.29) is 0 Å². The summed E-state index contributed by atoms with van der Waals surface area (Å²) >= 11 is 1.89. The van der Waals surface area contributed by atoms with Crippen molar-refractivity contribution in [2.45, 2.75) is 51.0 Å². The van der Waals surface area contributed by atoms with Crippen LogP contribution in [0.1, 0.15) is 49.0 Å². The number of thiophene rings is 1. The van der Waals surface area contributed by atoms with Crippen LogP contribution in [0.2, 0.25) is 0 Å². The van der Waals surface area contributed by atoms with Gasteiger partial charge in [0.15, 0.2) is 0 Å². The minimum Gasteiger partial charge on any atom is -0.271 e. The Bertz CT molecular complexity index is 383. The third-order valence-corrected chi connectivity index (χ3v) is 4.80. The lowest BCUT2D eigenvalue weighted by molar-refractivity contribution is 0.395. The van der Waals surface area contributed by atoms with E-state index in [1.807, 2.05) is 11.3 Å². The Morgan fingerprint density at radius 2 is 2.53 bits per heavy atom. The van der Waals surface area contributed by atoms with E-state index in [2.05, 4.69) is 30.4 Å². The van der Waals surface area contributed by atoms with E-state index in [1.165, 1.54) is 30.4 Å². The molecule has 1 aromatic rings. The fourth-order valence-electron chi connectivity index (χ4n) is 2.71. The van der Waals surface area contributed by atoms with Crippen LogP contribution in [0.5, 0.6) is 0 Å². The molecule has 17 heavy (non-hydrogen) atoms. The van der Waals surface area contributed by atoms with Crippen LogP contribution in [0.25, 0.3) is 0 Å². The van der Waals surface area contributed by atoms with Gasteiger partial charge in [0.05, 0.1) is 0 Å². The molecule has 0 aromatic carbocycles. The normalized spacial score (nSPS) is 20.9. The number of hydrazine groups is 1. The van der Waals surface area contributed by atoms with E-state index >= 15 is 0 Å². The summed E-state index contributed by atoms with van der Waals surface area (Å²) in [4.78, 5) is 1.56. The van der Waals surface area contributed by atoms with Gasteiger partial charge in [-0.1, -0.05) is 19.1 Å². The van der Waals surface area contributed by atoms with Crippen molar-refractivity contribution >= 4 is 11.3 Å². The van der Waals surface area contributed by atoms with Gasteiger partial charge in [0.25, 0.3) is 0 Å². The fraction of sp³-hybridized carbons (Fsp3) is 0.571.